The Kier molecular flexibility index (Phi) is 3.06. The molecule has 54 valence electrons. The van der Waals surface area contributed by atoms with Crippen LogP contribution < -0.4 is 0 Å². The fraction of sp³-hybridized carbons (Fsp3) is 0.143. The summed E-state index contributed by atoms with van der Waals surface area (Å²) in [6.07, 6.45) is 0. The smallest absolute Gasteiger partial charge is 0.0338 e. The third-order valence-corrected chi connectivity index (χ3v) is 3.53. The van der Waals surface area contributed by atoms with Gasteiger partial charge in [0.15, 0.2) is 0 Å². The molecule has 1 aromatic rings. The number of thiol groups is 1. The molecular weight excluding hydrogens is 323 g/mol. The molecule has 0 aliphatic rings. The monoisotopic (exact) mass is 328 g/mol. The topological polar surface area (TPSA) is 0 Å². The first-order valence-electron chi connectivity index (χ1n) is 2.76. The van der Waals surface area contributed by atoms with Crippen LogP contribution >= 0.6 is 51.1 Å². The van der Waals surface area contributed by atoms with Crippen molar-refractivity contribution in [2.75, 3.05) is 0 Å². The average Bonchev–Trinajstić information content (AvgIpc) is 1.82. The van der Waals surface area contributed by atoms with Crippen LogP contribution in [0.2, 0.25) is 0 Å². The molecule has 0 amide bonds. The molecule has 0 N–H and O–H groups in total. The van der Waals surface area contributed by atoms with Gasteiger partial charge in [0.1, 0.15) is 0 Å². The van der Waals surface area contributed by atoms with Gasteiger partial charge >= 0.3 is 0 Å². The molecule has 0 nitrogen and oxygen atoms in total. The summed E-state index contributed by atoms with van der Waals surface area (Å²) in [7, 11) is 0. The lowest BCUT2D eigenvalue weighted by atomic mass is 10.2. The zero-order chi connectivity index (χ0) is 7.72. The van der Waals surface area contributed by atoms with Crippen LogP contribution in [0.5, 0.6) is 0 Å². The molecule has 0 unspecified atom stereocenters. The highest BCUT2D eigenvalue weighted by molar-refractivity contribution is 14.1. The van der Waals surface area contributed by atoms with E-state index in [2.05, 4.69) is 64.1 Å². The van der Waals surface area contributed by atoms with Crippen molar-refractivity contribution in [1.29, 1.82) is 0 Å². The molecule has 0 radical (unpaired) electrons. The van der Waals surface area contributed by atoms with E-state index < -0.39 is 0 Å². The molecule has 0 bridgehead atoms. The van der Waals surface area contributed by atoms with Crippen molar-refractivity contribution in [2.45, 2.75) is 11.8 Å². The Hall–Kier alpha value is 0.780. The molecule has 0 fully saturated rings. The Morgan fingerprint density at radius 3 is 2.60 bits per heavy atom. The van der Waals surface area contributed by atoms with E-state index in [1.54, 1.807) is 0 Å². The predicted molar refractivity (Wildman–Crippen MR) is 58.8 cm³/mol. The fourth-order valence-corrected chi connectivity index (χ4v) is 2.28. The summed E-state index contributed by atoms with van der Waals surface area (Å²) < 4.78 is 2.32. The molecule has 0 saturated carbocycles. The van der Waals surface area contributed by atoms with Crippen molar-refractivity contribution >= 4 is 51.1 Å². The zero-order valence-corrected chi connectivity index (χ0v) is 10.00. The Morgan fingerprint density at radius 1 is 1.50 bits per heavy atom. The first kappa shape index (κ1) is 8.87. The maximum absolute atomic E-state index is 4.29. The molecule has 0 aliphatic heterocycles. The lowest BCUT2D eigenvalue weighted by Gasteiger charge is -2.01. The number of halogens is 2. The largest absolute Gasteiger partial charge is 0.142 e. The van der Waals surface area contributed by atoms with Crippen LogP contribution in [0.1, 0.15) is 5.56 Å². The molecule has 3 heteroatoms. The van der Waals surface area contributed by atoms with Crippen molar-refractivity contribution in [3.63, 3.8) is 0 Å². The number of hydrogen-bond donors (Lipinski definition) is 1. The second kappa shape index (κ2) is 3.45. The van der Waals surface area contributed by atoms with Gasteiger partial charge in [0, 0.05) is 12.9 Å². The second-order valence-electron chi connectivity index (χ2n) is 2.06. The first-order valence-corrected chi connectivity index (χ1v) is 5.08. The minimum atomic E-state index is 1.00. The van der Waals surface area contributed by atoms with E-state index in [1.165, 1.54) is 9.13 Å². The van der Waals surface area contributed by atoms with Crippen LogP contribution in [0.4, 0.5) is 0 Å². The summed E-state index contributed by atoms with van der Waals surface area (Å²) >= 11 is 10.00. The molecule has 10 heavy (non-hydrogen) atoms. The Labute approximate surface area is 88.1 Å². The Balaban J connectivity index is 3.31. The number of aryl methyl sites for hydroxylation is 1. The summed E-state index contributed by atoms with van der Waals surface area (Å²) in [4.78, 5) is 1.00. The molecule has 0 aromatic heterocycles. The zero-order valence-electron chi connectivity index (χ0n) is 5.36. The van der Waals surface area contributed by atoms with E-state index in [9.17, 15) is 0 Å². The van der Waals surface area contributed by atoms with Crippen LogP contribution in [0.15, 0.2) is 21.5 Å². The van der Waals surface area contributed by atoms with Crippen LogP contribution in [0, 0.1) is 10.5 Å². The van der Waals surface area contributed by atoms with Gasteiger partial charge in [0.2, 0.25) is 0 Å². The minimum absolute atomic E-state index is 1.00. The lowest BCUT2D eigenvalue weighted by Crippen LogP contribution is -1.79. The highest BCUT2D eigenvalue weighted by Gasteiger charge is 1.99. The maximum Gasteiger partial charge on any atom is 0.0338 e. The summed E-state index contributed by atoms with van der Waals surface area (Å²) in [6, 6.07) is 4.14. The molecule has 0 spiro atoms. The molecule has 1 aromatic carbocycles. The molecule has 0 aliphatic carbocycles. The van der Waals surface area contributed by atoms with E-state index >= 15 is 0 Å². The third-order valence-electron chi connectivity index (χ3n) is 1.20. The quantitative estimate of drug-likeness (QED) is 0.545. The van der Waals surface area contributed by atoms with Crippen molar-refractivity contribution in [3.8, 4) is 0 Å². The second-order valence-corrected chi connectivity index (χ2v) is 4.58. The van der Waals surface area contributed by atoms with E-state index in [0.29, 0.717) is 0 Å². The summed E-state index contributed by atoms with van der Waals surface area (Å²) in [5.74, 6) is 0. The summed E-state index contributed by atoms with van der Waals surface area (Å²) in [6.45, 7) is 2.06. The average molecular weight is 329 g/mol. The summed E-state index contributed by atoms with van der Waals surface area (Å²) in [5, 5.41) is 0. The third kappa shape index (κ3) is 1.89. The molecule has 0 atom stereocenters. The highest BCUT2D eigenvalue weighted by Crippen LogP contribution is 2.26. The standard InChI is InChI=1S/C7H6BrIS/c1-4-2-5(9)3-6(10)7(4)8/h2-3,10H,1H3. The number of hydrogen-bond acceptors (Lipinski definition) is 1. The van der Waals surface area contributed by atoms with Gasteiger partial charge in [-0.1, -0.05) is 0 Å². The Bertz CT molecular complexity index is 237. The van der Waals surface area contributed by atoms with Gasteiger partial charge in [-0.15, -0.1) is 12.6 Å². The first-order chi connectivity index (χ1) is 4.61. The lowest BCUT2D eigenvalue weighted by molar-refractivity contribution is 1.30. The van der Waals surface area contributed by atoms with Crippen molar-refractivity contribution in [2.24, 2.45) is 0 Å². The predicted octanol–water partition coefficient (Wildman–Crippen LogP) is 3.65. The SMILES string of the molecule is Cc1cc(I)cc(S)c1Br. The van der Waals surface area contributed by atoms with Gasteiger partial charge in [0.25, 0.3) is 0 Å². The molecular formula is C7H6BrIS. The van der Waals surface area contributed by atoms with Gasteiger partial charge < -0.3 is 0 Å². The van der Waals surface area contributed by atoms with Gasteiger partial charge in [0.05, 0.1) is 0 Å². The number of benzene rings is 1. The molecule has 0 heterocycles. The maximum atomic E-state index is 4.29. The van der Waals surface area contributed by atoms with Gasteiger partial charge in [-0.25, -0.2) is 0 Å². The van der Waals surface area contributed by atoms with Gasteiger partial charge in [-0.2, -0.15) is 0 Å². The van der Waals surface area contributed by atoms with Crippen LogP contribution in [0.3, 0.4) is 0 Å². The van der Waals surface area contributed by atoms with Crippen molar-refractivity contribution < 1.29 is 0 Å². The van der Waals surface area contributed by atoms with E-state index in [-0.39, 0.29) is 0 Å². The fourth-order valence-electron chi connectivity index (χ4n) is 0.708. The van der Waals surface area contributed by atoms with Crippen LogP contribution in [-0.4, -0.2) is 0 Å². The molecule has 0 saturated heterocycles. The van der Waals surface area contributed by atoms with Gasteiger partial charge in [-0.3, -0.25) is 0 Å². The highest BCUT2D eigenvalue weighted by atomic mass is 127. The van der Waals surface area contributed by atoms with E-state index in [4.69, 9.17) is 0 Å². The van der Waals surface area contributed by atoms with Crippen LogP contribution in [0.25, 0.3) is 0 Å². The molecule has 1 rings (SSSR count). The van der Waals surface area contributed by atoms with Crippen LogP contribution in [-0.2, 0) is 0 Å². The minimum Gasteiger partial charge on any atom is -0.142 e. The number of rotatable bonds is 0. The van der Waals surface area contributed by atoms with E-state index in [1.807, 2.05) is 6.07 Å². The Morgan fingerprint density at radius 2 is 2.10 bits per heavy atom. The normalized spacial score (nSPS) is 10.0. The van der Waals surface area contributed by atoms with Crippen molar-refractivity contribution in [3.05, 3.63) is 25.7 Å². The van der Waals surface area contributed by atoms with E-state index in [0.717, 1.165) is 9.37 Å². The van der Waals surface area contributed by atoms with Crippen molar-refractivity contribution in [1.82, 2.24) is 0 Å². The summed E-state index contributed by atoms with van der Waals surface area (Å²) in [5.41, 5.74) is 1.23. The van der Waals surface area contributed by atoms with Gasteiger partial charge in [-0.05, 0) is 63.1 Å².